The summed E-state index contributed by atoms with van der Waals surface area (Å²) in [5, 5.41) is 10.3. The van der Waals surface area contributed by atoms with Crippen molar-refractivity contribution in [3.63, 3.8) is 0 Å². The third kappa shape index (κ3) is 4.71. The average Bonchev–Trinajstić information content (AvgIpc) is 2.08. The minimum absolute atomic E-state index is 0.499. The highest BCUT2D eigenvalue weighted by molar-refractivity contribution is 5.80. The standard InChI is InChI=1S/C9H13F6NO2/c1-4(2)5(3-17)16-7(18)6(8(10,11)12)9(13,14)15/h4-6,17H,3H2,1-2H3,(H,16,18)/t5-/m1/s1. The molecular formula is C9H13F6NO2. The molecule has 0 aromatic rings. The Kier molecular flexibility index (Phi) is 5.45. The second-order valence-electron chi connectivity index (χ2n) is 4.06. The van der Waals surface area contributed by atoms with Crippen LogP contribution in [0.3, 0.4) is 0 Å². The van der Waals surface area contributed by atoms with Gasteiger partial charge in [-0.05, 0) is 5.92 Å². The molecule has 108 valence electrons. The van der Waals surface area contributed by atoms with Crippen LogP contribution in [0, 0.1) is 11.8 Å². The molecular weight excluding hydrogens is 268 g/mol. The van der Waals surface area contributed by atoms with Gasteiger partial charge < -0.3 is 10.4 Å². The zero-order valence-electron chi connectivity index (χ0n) is 9.56. The molecule has 18 heavy (non-hydrogen) atoms. The molecule has 0 rings (SSSR count). The molecule has 0 radical (unpaired) electrons. The molecule has 0 fully saturated rings. The van der Waals surface area contributed by atoms with Crippen LogP contribution in [0.4, 0.5) is 26.3 Å². The van der Waals surface area contributed by atoms with Crippen LogP contribution in [0.5, 0.6) is 0 Å². The molecule has 2 N–H and O–H groups in total. The first-order valence-corrected chi connectivity index (χ1v) is 4.96. The average molecular weight is 281 g/mol. The van der Waals surface area contributed by atoms with Gasteiger partial charge in [0.25, 0.3) is 0 Å². The van der Waals surface area contributed by atoms with Crippen molar-refractivity contribution < 1.29 is 36.2 Å². The molecule has 0 bridgehead atoms. The normalized spacial score (nSPS) is 15.1. The smallest absolute Gasteiger partial charge is 0.394 e. The summed E-state index contributed by atoms with van der Waals surface area (Å²) in [6.45, 7) is 2.14. The van der Waals surface area contributed by atoms with Crippen LogP contribution in [-0.2, 0) is 4.79 Å². The highest BCUT2D eigenvalue weighted by Gasteiger charge is 2.61. The van der Waals surface area contributed by atoms with Crippen molar-refractivity contribution in [3.05, 3.63) is 0 Å². The predicted octanol–water partition coefficient (Wildman–Crippen LogP) is 1.86. The van der Waals surface area contributed by atoms with Crippen molar-refractivity contribution in [2.75, 3.05) is 6.61 Å². The molecule has 0 saturated carbocycles. The minimum atomic E-state index is -5.72. The third-order valence-corrected chi connectivity index (χ3v) is 2.25. The number of amides is 1. The Balaban J connectivity index is 5.01. The van der Waals surface area contributed by atoms with Crippen LogP contribution in [0.25, 0.3) is 0 Å². The number of aliphatic hydroxyl groups excluding tert-OH is 1. The molecule has 0 aliphatic carbocycles. The second-order valence-corrected chi connectivity index (χ2v) is 4.06. The number of halogens is 6. The van der Waals surface area contributed by atoms with Crippen LogP contribution in [0.2, 0.25) is 0 Å². The summed E-state index contributed by atoms with van der Waals surface area (Å²) in [4.78, 5) is 11.0. The molecule has 0 heterocycles. The van der Waals surface area contributed by atoms with Gasteiger partial charge in [-0.2, -0.15) is 26.3 Å². The lowest BCUT2D eigenvalue weighted by molar-refractivity contribution is -0.274. The van der Waals surface area contributed by atoms with Crippen LogP contribution < -0.4 is 5.32 Å². The summed E-state index contributed by atoms with van der Waals surface area (Å²) in [7, 11) is 0. The lowest BCUT2D eigenvalue weighted by Gasteiger charge is -2.26. The van der Waals surface area contributed by atoms with Gasteiger partial charge in [-0.3, -0.25) is 4.79 Å². The fourth-order valence-corrected chi connectivity index (χ4v) is 1.17. The Bertz CT molecular complexity index is 272. The first-order chi connectivity index (χ1) is 7.91. The van der Waals surface area contributed by atoms with Crippen molar-refractivity contribution in [1.82, 2.24) is 5.32 Å². The summed E-state index contributed by atoms with van der Waals surface area (Å²) >= 11 is 0. The number of aliphatic hydroxyl groups is 1. The monoisotopic (exact) mass is 281 g/mol. The zero-order chi connectivity index (χ0) is 14.7. The van der Waals surface area contributed by atoms with Crippen LogP contribution in [-0.4, -0.2) is 36.0 Å². The first kappa shape index (κ1) is 17.0. The fraction of sp³-hybridized carbons (Fsp3) is 0.889. The van der Waals surface area contributed by atoms with E-state index < -0.39 is 42.7 Å². The quantitative estimate of drug-likeness (QED) is 0.773. The highest BCUT2D eigenvalue weighted by atomic mass is 19.4. The van der Waals surface area contributed by atoms with E-state index >= 15 is 0 Å². The molecule has 3 nitrogen and oxygen atoms in total. The van der Waals surface area contributed by atoms with Crippen molar-refractivity contribution in [3.8, 4) is 0 Å². The molecule has 0 aliphatic heterocycles. The van der Waals surface area contributed by atoms with Gasteiger partial charge in [0.15, 0.2) is 0 Å². The number of carbonyl (C=O) groups is 1. The van der Waals surface area contributed by atoms with E-state index in [-0.39, 0.29) is 0 Å². The van der Waals surface area contributed by atoms with Crippen molar-refractivity contribution >= 4 is 5.91 Å². The van der Waals surface area contributed by atoms with Gasteiger partial charge in [-0.25, -0.2) is 0 Å². The highest BCUT2D eigenvalue weighted by Crippen LogP contribution is 2.39. The van der Waals surface area contributed by atoms with Gasteiger partial charge in [0, 0.05) is 0 Å². The van der Waals surface area contributed by atoms with E-state index in [0.717, 1.165) is 0 Å². The number of carbonyl (C=O) groups excluding carboxylic acids is 1. The van der Waals surface area contributed by atoms with E-state index in [4.69, 9.17) is 5.11 Å². The fourth-order valence-electron chi connectivity index (χ4n) is 1.17. The lowest BCUT2D eigenvalue weighted by Crippen LogP contribution is -2.52. The van der Waals surface area contributed by atoms with Crippen LogP contribution in [0.15, 0.2) is 0 Å². The van der Waals surface area contributed by atoms with Crippen LogP contribution in [0.1, 0.15) is 13.8 Å². The van der Waals surface area contributed by atoms with E-state index in [9.17, 15) is 31.1 Å². The maximum absolute atomic E-state index is 12.2. The number of alkyl halides is 6. The first-order valence-electron chi connectivity index (χ1n) is 4.96. The molecule has 0 aromatic heterocycles. The molecule has 0 saturated heterocycles. The number of hydrogen-bond donors (Lipinski definition) is 2. The number of hydrogen-bond acceptors (Lipinski definition) is 2. The molecule has 0 unspecified atom stereocenters. The van der Waals surface area contributed by atoms with Crippen molar-refractivity contribution in [2.45, 2.75) is 32.2 Å². The molecule has 1 atom stereocenters. The van der Waals surface area contributed by atoms with E-state index in [1.807, 2.05) is 0 Å². The van der Waals surface area contributed by atoms with Crippen LogP contribution >= 0.6 is 0 Å². The Morgan fingerprint density at radius 3 is 1.72 bits per heavy atom. The maximum atomic E-state index is 12.2. The third-order valence-electron chi connectivity index (χ3n) is 2.25. The summed E-state index contributed by atoms with van der Waals surface area (Å²) in [6, 6.07) is -1.16. The topological polar surface area (TPSA) is 49.3 Å². The summed E-state index contributed by atoms with van der Waals surface area (Å²) in [5.41, 5.74) is 0. The summed E-state index contributed by atoms with van der Waals surface area (Å²) < 4.78 is 73.1. The summed E-state index contributed by atoms with van der Waals surface area (Å²) in [5.74, 6) is -6.79. The maximum Gasteiger partial charge on any atom is 0.409 e. The van der Waals surface area contributed by atoms with E-state index in [2.05, 4.69) is 0 Å². The number of rotatable bonds is 4. The minimum Gasteiger partial charge on any atom is -0.394 e. The molecule has 0 spiro atoms. The molecule has 9 heteroatoms. The van der Waals surface area contributed by atoms with E-state index in [1.54, 1.807) is 5.32 Å². The Morgan fingerprint density at radius 2 is 1.50 bits per heavy atom. The Hall–Kier alpha value is -0.990. The predicted molar refractivity (Wildman–Crippen MR) is 49.5 cm³/mol. The summed E-state index contributed by atoms with van der Waals surface area (Å²) in [6.07, 6.45) is -11.4. The largest absolute Gasteiger partial charge is 0.409 e. The Morgan fingerprint density at radius 1 is 1.11 bits per heavy atom. The Labute approximate surface area is 99.2 Å². The van der Waals surface area contributed by atoms with Gasteiger partial charge in [-0.15, -0.1) is 0 Å². The van der Waals surface area contributed by atoms with Crippen molar-refractivity contribution in [1.29, 1.82) is 0 Å². The van der Waals surface area contributed by atoms with E-state index in [1.165, 1.54) is 13.8 Å². The van der Waals surface area contributed by atoms with Gasteiger partial charge >= 0.3 is 12.4 Å². The van der Waals surface area contributed by atoms with Crippen molar-refractivity contribution in [2.24, 2.45) is 11.8 Å². The van der Waals surface area contributed by atoms with Gasteiger partial charge in [0.2, 0.25) is 11.8 Å². The molecule has 1 amide bonds. The number of nitrogens with one attached hydrogen (secondary N) is 1. The lowest BCUT2D eigenvalue weighted by atomic mass is 10.0. The van der Waals surface area contributed by atoms with Gasteiger partial charge in [0.05, 0.1) is 12.6 Å². The zero-order valence-corrected chi connectivity index (χ0v) is 9.56. The molecule has 0 aliphatic rings. The second kappa shape index (κ2) is 5.77. The van der Waals surface area contributed by atoms with E-state index in [0.29, 0.717) is 0 Å². The molecule has 0 aromatic carbocycles. The van der Waals surface area contributed by atoms with Gasteiger partial charge in [-0.1, -0.05) is 13.8 Å². The van der Waals surface area contributed by atoms with Gasteiger partial charge in [0.1, 0.15) is 0 Å². The SMILES string of the molecule is CC(C)[C@@H](CO)NC(=O)C(C(F)(F)F)C(F)(F)F.